The van der Waals surface area contributed by atoms with Gasteiger partial charge in [-0.3, -0.25) is 0 Å². The molecule has 2 heterocycles. The molecule has 0 saturated heterocycles. The Morgan fingerprint density at radius 2 is 2.19 bits per heavy atom. The van der Waals surface area contributed by atoms with Crippen molar-refractivity contribution in [2.45, 2.75) is 13.8 Å². The molecule has 2 rings (SSSR count). The molecule has 0 saturated carbocycles. The maximum Gasteiger partial charge on any atom is 0.321 e. The first-order valence-corrected chi connectivity index (χ1v) is 6.05. The van der Waals surface area contributed by atoms with Crippen LogP contribution >= 0.6 is 22.9 Å². The van der Waals surface area contributed by atoms with Crippen LogP contribution in [0.2, 0.25) is 5.28 Å². The number of aryl methyl sites for hydroxylation is 1. The summed E-state index contributed by atoms with van der Waals surface area (Å²) in [5, 5.41) is 2.14. The summed E-state index contributed by atoms with van der Waals surface area (Å²) in [4.78, 5) is 13.2. The lowest BCUT2D eigenvalue weighted by Crippen LogP contribution is -2.01. The third-order valence-electron chi connectivity index (χ3n) is 1.93. The van der Waals surface area contributed by atoms with E-state index in [9.17, 15) is 0 Å². The highest BCUT2D eigenvalue weighted by atomic mass is 35.5. The fourth-order valence-corrected chi connectivity index (χ4v) is 2.24. The van der Waals surface area contributed by atoms with Gasteiger partial charge in [-0.1, -0.05) is 0 Å². The minimum absolute atomic E-state index is 0.154. The zero-order valence-electron chi connectivity index (χ0n) is 8.90. The van der Waals surface area contributed by atoms with E-state index in [0.29, 0.717) is 12.4 Å². The van der Waals surface area contributed by atoms with Crippen LogP contribution in [0.25, 0.3) is 10.7 Å². The molecule has 0 fully saturated rings. The van der Waals surface area contributed by atoms with Crippen LogP contribution in [0.3, 0.4) is 0 Å². The van der Waals surface area contributed by atoms with Crippen LogP contribution in [-0.2, 0) is 0 Å². The van der Waals surface area contributed by atoms with Gasteiger partial charge in [0.25, 0.3) is 0 Å². The van der Waals surface area contributed by atoms with Crippen molar-refractivity contribution in [2.75, 3.05) is 6.61 Å². The van der Waals surface area contributed by atoms with Gasteiger partial charge in [-0.25, -0.2) is 0 Å². The number of hydrogen-bond donors (Lipinski definition) is 0. The molecular formula is C10H10ClN3OS. The maximum atomic E-state index is 5.82. The highest BCUT2D eigenvalue weighted by Gasteiger charge is 2.11. The number of nitrogens with zero attached hydrogens (tertiary/aromatic N) is 3. The van der Waals surface area contributed by atoms with Gasteiger partial charge in [-0.2, -0.15) is 15.0 Å². The van der Waals surface area contributed by atoms with E-state index < -0.39 is 0 Å². The summed E-state index contributed by atoms with van der Waals surface area (Å²) in [7, 11) is 0. The summed E-state index contributed by atoms with van der Waals surface area (Å²) in [6, 6.07) is 2.28. The Morgan fingerprint density at radius 1 is 1.38 bits per heavy atom. The summed E-state index contributed by atoms with van der Waals surface area (Å²) in [5.41, 5.74) is 1.12. The standard InChI is InChI=1S/C10H10ClN3OS/c1-3-15-10-13-8(12-9(11)14-10)7-6(2)4-5-16-7/h4-5H,3H2,1-2H3. The Kier molecular flexibility index (Phi) is 3.36. The Morgan fingerprint density at radius 3 is 2.81 bits per heavy atom. The minimum Gasteiger partial charge on any atom is -0.464 e. The van der Waals surface area contributed by atoms with Crippen molar-refractivity contribution in [3.63, 3.8) is 0 Å². The Bertz CT molecular complexity index is 501. The van der Waals surface area contributed by atoms with Crippen molar-refractivity contribution in [1.29, 1.82) is 0 Å². The van der Waals surface area contributed by atoms with Crippen molar-refractivity contribution < 1.29 is 4.74 Å². The Balaban J connectivity index is 2.45. The van der Waals surface area contributed by atoms with Crippen molar-refractivity contribution in [3.05, 3.63) is 22.3 Å². The SMILES string of the molecule is CCOc1nc(Cl)nc(-c2sccc2C)n1. The van der Waals surface area contributed by atoms with Gasteiger partial charge in [0.2, 0.25) is 5.28 Å². The van der Waals surface area contributed by atoms with Crippen LogP contribution in [-0.4, -0.2) is 21.6 Å². The lowest BCUT2D eigenvalue weighted by Gasteiger charge is -2.03. The van der Waals surface area contributed by atoms with Gasteiger partial charge >= 0.3 is 6.01 Å². The Labute approximate surface area is 102 Å². The first-order valence-electron chi connectivity index (χ1n) is 4.79. The van der Waals surface area contributed by atoms with Gasteiger partial charge < -0.3 is 4.74 Å². The summed E-state index contributed by atoms with van der Waals surface area (Å²) in [6.07, 6.45) is 0. The Hall–Kier alpha value is -1.20. The van der Waals surface area contributed by atoms with Crippen LogP contribution in [0.1, 0.15) is 12.5 Å². The second-order valence-corrected chi connectivity index (χ2v) is 4.33. The molecule has 0 N–H and O–H groups in total. The summed E-state index contributed by atoms with van der Waals surface area (Å²) < 4.78 is 5.22. The number of rotatable bonds is 3. The molecule has 16 heavy (non-hydrogen) atoms. The van der Waals surface area contributed by atoms with Crippen molar-refractivity contribution in [3.8, 4) is 16.7 Å². The van der Waals surface area contributed by atoms with E-state index in [1.165, 1.54) is 0 Å². The lowest BCUT2D eigenvalue weighted by atomic mass is 10.3. The van der Waals surface area contributed by atoms with E-state index >= 15 is 0 Å². The van der Waals surface area contributed by atoms with Crippen LogP contribution in [0.5, 0.6) is 6.01 Å². The average molecular weight is 256 g/mol. The van der Waals surface area contributed by atoms with Gasteiger partial charge in [0.15, 0.2) is 5.82 Å². The molecule has 0 amide bonds. The molecule has 84 valence electrons. The van der Waals surface area contributed by atoms with Crippen LogP contribution in [0.15, 0.2) is 11.4 Å². The molecule has 0 aliphatic heterocycles. The molecular weight excluding hydrogens is 246 g/mol. The molecule has 0 aliphatic rings. The van der Waals surface area contributed by atoms with Gasteiger partial charge in [0.05, 0.1) is 11.5 Å². The molecule has 0 spiro atoms. The number of aromatic nitrogens is 3. The van der Waals surface area contributed by atoms with Gasteiger partial charge in [-0.15, -0.1) is 11.3 Å². The summed E-state index contributed by atoms with van der Waals surface area (Å²) in [5.74, 6) is 0.566. The van der Waals surface area contributed by atoms with Gasteiger partial charge in [0, 0.05) is 0 Å². The molecule has 0 atom stereocenters. The van der Waals surface area contributed by atoms with Crippen molar-refractivity contribution in [1.82, 2.24) is 15.0 Å². The fourth-order valence-electron chi connectivity index (χ4n) is 1.23. The van der Waals surface area contributed by atoms with Crippen molar-refractivity contribution in [2.24, 2.45) is 0 Å². The smallest absolute Gasteiger partial charge is 0.321 e. The van der Waals surface area contributed by atoms with Crippen LogP contribution in [0.4, 0.5) is 0 Å². The second kappa shape index (κ2) is 4.76. The van der Waals surface area contributed by atoms with E-state index in [1.807, 2.05) is 25.3 Å². The molecule has 2 aromatic rings. The largest absolute Gasteiger partial charge is 0.464 e. The number of hydrogen-bond acceptors (Lipinski definition) is 5. The second-order valence-electron chi connectivity index (χ2n) is 3.08. The molecule has 0 radical (unpaired) electrons. The quantitative estimate of drug-likeness (QED) is 0.846. The van der Waals surface area contributed by atoms with E-state index in [1.54, 1.807) is 11.3 Å². The fraction of sp³-hybridized carbons (Fsp3) is 0.300. The molecule has 2 aromatic heterocycles. The van der Waals surface area contributed by atoms with Gasteiger partial charge in [0.1, 0.15) is 0 Å². The predicted octanol–water partition coefficient (Wildman–Crippen LogP) is 2.96. The lowest BCUT2D eigenvalue weighted by molar-refractivity contribution is 0.312. The third kappa shape index (κ3) is 2.31. The zero-order valence-corrected chi connectivity index (χ0v) is 10.5. The predicted molar refractivity (Wildman–Crippen MR) is 64.1 cm³/mol. The van der Waals surface area contributed by atoms with E-state index in [4.69, 9.17) is 16.3 Å². The highest BCUT2D eigenvalue weighted by molar-refractivity contribution is 7.13. The molecule has 4 nitrogen and oxygen atoms in total. The minimum atomic E-state index is 0.154. The first kappa shape index (κ1) is 11.3. The third-order valence-corrected chi connectivity index (χ3v) is 3.11. The van der Waals surface area contributed by atoms with Gasteiger partial charge in [-0.05, 0) is 42.5 Å². The monoisotopic (exact) mass is 255 g/mol. The average Bonchev–Trinajstić information content (AvgIpc) is 2.64. The number of thiophene rings is 1. The van der Waals surface area contributed by atoms with E-state index in [-0.39, 0.29) is 11.3 Å². The molecule has 0 unspecified atom stereocenters. The zero-order chi connectivity index (χ0) is 11.5. The topological polar surface area (TPSA) is 47.9 Å². The first-order chi connectivity index (χ1) is 7.70. The highest BCUT2D eigenvalue weighted by Crippen LogP contribution is 2.27. The number of halogens is 1. The van der Waals surface area contributed by atoms with Crippen molar-refractivity contribution >= 4 is 22.9 Å². The van der Waals surface area contributed by atoms with E-state index in [2.05, 4.69) is 15.0 Å². The van der Waals surface area contributed by atoms with Crippen LogP contribution < -0.4 is 4.74 Å². The normalized spacial score (nSPS) is 10.4. The van der Waals surface area contributed by atoms with E-state index in [0.717, 1.165) is 10.4 Å². The van der Waals surface area contributed by atoms with Crippen LogP contribution in [0, 0.1) is 6.92 Å². The molecule has 0 bridgehead atoms. The number of ether oxygens (including phenoxy) is 1. The summed E-state index contributed by atoms with van der Waals surface area (Å²) in [6.45, 7) is 4.38. The maximum absolute atomic E-state index is 5.82. The summed E-state index contributed by atoms with van der Waals surface area (Å²) >= 11 is 7.39. The molecule has 0 aromatic carbocycles. The molecule has 6 heteroatoms. The molecule has 0 aliphatic carbocycles.